The van der Waals surface area contributed by atoms with E-state index in [1.54, 1.807) is 7.11 Å². The molecule has 0 amide bonds. The number of unbranched alkanes of at least 4 members (excludes halogenated alkanes) is 5. The fourth-order valence-corrected chi connectivity index (χ4v) is 4.84. The lowest BCUT2D eigenvalue weighted by molar-refractivity contribution is 0.284. The third-order valence-corrected chi connectivity index (χ3v) is 7.01. The summed E-state index contributed by atoms with van der Waals surface area (Å²) in [5.74, 6) is 1.91. The van der Waals surface area contributed by atoms with Gasteiger partial charge in [0.1, 0.15) is 0 Å². The Morgan fingerprint density at radius 1 is 1.03 bits per heavy atom. The molecule has 8 heteroatoms. The summed E-state index contributed by atoms with van der Waals surface area (Å²) in [7, 11) is 1.63. The van der Waals surface area contributed by atoms with Crippen LogP contribution >= 0.6 is 27.3 Å². The van der Waals surface area contributed by atoms with Gasteiger partial charge in [-0.25, -0.2) is 0 Å². The first-order valence-electron chi connectivity index (χ1n) is 11.6. The normalized spacial score (nSPS) is 11.9. The van der Waals surface area contributed by atoms with E-state index in [0.717, 1.165) is 27.8 Å². The molecule has 0 aliphatic heterocycles. The first kappa shape index (κ1) is 24.4. The maximum atomic E-state index is 12.9. The van der Waals surface area contributed by atoms with Crippen molar-refractivity contribution in [3.05, 3.63) is 67.4 Å². The Labute approximate surface area is 211 Å². The number of methoxy groups -OCH3 is 1. The first-order valence-corrected chi connectivity index (χ1v) is 13.2. The van der Waals surface area contributed by atoms with Gasteiger partial charge in [0.15, 0.2) is 17.3 Å². The van der Waals surface area contributed by atoms with Crippen molar-refractivity contribution in [2.24, 2.45) is 0 Å². The molecule has 34 heavy (non-hydrogen) atoms. The number of hydrogen-bond acceptors (Lipinski definition) is 6. The zero-order chi connectivity index (χ0) is 23.9. The molecule has 0 spiro atoms. The van der Waals surface area contributed by atoms with Gasteiger partial charge in [-0.2, -0.15) is 9.50 Å². The van der Waals surface area contributed by atoms with Crippen LogP contribution in [0.15, 0.2) is 51.7 Å². The van der Waals surface area contributed by atoms with Crippen molar-refractivity contribution in [3.63, 3.8) is 0 Å². The number of hydrogen-bond donors (Lipinski definition) is 0. The number of fused-ring (bicyclic) bond motifs is 1. The van der Waals surface area contributed by atoms with E-state index in [-0.39, 0.29) is 5.56 Å². The van der Waals surface area contributed by atoms with Gasteiger partial charge in [0, 0.05) is 10.0 Å². The van der Waals surface area contributed by atoms with Crippen molar-refractivity contribution in [2.45, 2.75) is 45.4 Å². The molecule has 0 aliphatic carbocycles. The number of thiazole rings is 1. The van der Waals surface area contributed by atoms with E-state index in [4.69, 9.17) is 9.47 Å². The zero-order valence-electron chi connectivity index (χ0n) is 19.4. The van der Waals surface area contributed by atoms with Gasteiger partial charge >= 0.3 is 0 Å². The average molecular weight is 542 g/mol. The molecule has 0 saturated heterocycles. The van der Waals surface area contributed by atoms with Crippen LogP contribution in [-0.2, 0) is 0 Å². The van der Waals surface area contributed by atoms with Gasteiger partial charge in [-0.05, 0) is 42.3 Å². The summed E-state index contributed by atoms with van der Waals surface area (Å²) < 4.78 is 14.4. The topological polar surface area (TPSA) is 65.7 Å². The van der Waals surface area contributed by atoms with E-state index in [1.165, 1.54) is 48.0 Å². The van der Waals surface area contributed by atoms with Gasteiger partial charge in [0.25, 0.3) is 5.56 Å². The monoisotopic (exact) mass is 541 g/mol. The molecule has 0 fully saturated rings. The predicted molar refractivity (Wildman–Crippen MR) is 141 cm³/mol. The highest BCUT2D eigenvalue weighted by atomic mass is 79.9. The lowest BCUT2D eigenvalue weighted by Crippen LogP contribution is -2.23. The van der Waals surface area contributed by atoms with Crippen molar-refractivity contribution in [3.8, 4) is 22.9 Å². The van der Waals surface area contributed by atoms with Gasteiger partial charge in [-0.3, -0.25) is 4.79 Å². The standard InChI is InChI=1S/C26H28BrN3O3S/c1-3-4-5-6-7-8-15-33-21-14-9-18(16-22(21)32-2)17-23-25(31)30-26(34-23)28-24(29-30)19-10-12-20(27)13-11-19/h9-14,16-17H,3-8,15H2,1-2H3. The highest BCUT2D eigenvalue weighted by molar-refractivity contribution is 9.10. The summed E-state index contributed by atoms with van der Waals surface area (Å²) in [5, 5.41) is 4.41. The highest BCUT2D eigenvalue weighted by Gasteiger charge is 2.12. The van der Waals surface area contributed by atoms with Crippen LogP contribution in [0.4, 0.5) is 0 Å². The predicted octanol–water partition coefficient (Wildman–Crippen LogP) is 5.88. The Kier molecular flexibility index (Phi) is 8.34. The minimum atomic E-state index is -0.182. The fraction of sp³-hybridized carbons (Fsp3) is 0.346. The largest absolute Gasteiger partial charge is 0.493 e. The summed E-state index contributed by atoms with van der Waals surface area (Å²) in [6, 6.07) is 13.4. The molecule has 4 aromatic rings. The Hall–Kier alpha value is -2.71. The Morgan fingerprint density at radius 2 is 1.79 bits per heavy atom. The summed E-state index contributed by atoms with van der Waals surface area (Å²) in [6.07, 6.45) is 9.15. The van der Waals surface area contributed by atoms with Crippen LogP contribution in [0.1, 0.15) is 51.0 Å². The molecule has 6 nitrogen and oxygen atoms in total. The van der Waals surface area contributed by atoms with Crippen LogP contribution in [0.2, 0.25) is 0 Å². The lowest BCUT2D eigenvalue weighted by atomic mass is 10.1. The zero-order valence-corrected chi connectivity index (χ0v) is 21.8. The number of halogens is 1. The quantitative estimate of drug-likeness (QED) is 0.222. The molecule has 2 aromatic heterocycles. The molecule has 2 heterocycles. The first-order chi connectivity index (χ1) is 16.6. The summed E-state index contributed by atoms with van der Waals surface area (Å²) >= 11 is 4.74. The van der Waals surface area contributed by atoms with E-state index in [9.17, 15) is 4.79 Å². The van der Waals surface area contributed by atoms with Crippen LogP contribution in [0.5, 0.6) is 11.5 Å². The van der Waals surface area contributed by atoms with Crippen LogP contribution < -0.4 is 19.6 Å². The third-order valence-electron chi connectivity index (χ3n) is 5.53. The SMILES string of the molecule is CCCCCCCCOc1ccc(C=c2sc3nc(-c4ccc(Br)cc4)nn3c2=O)cc1OC. The minimum absolute atomic E-state index is 0.182. The molecule has 0 unspecified atom stereocenters. The fourth-order valence-electron chi connectivity index (χ4n) is 3.66. The molecular weight excluding hydrogens is 514 g/mol. The summed E-state index contributed by atoms with van der Waals surface area (Å²) in [6.45, 7) is 2.90. The van der Waals surface area contributed by atoms with Crippen LogP contribution in [0.25, 0.3) is 22.4 Å². The van der Waals surface area contributed by atoms with E-state index in [1.807, 2.05) is 48.5 Å². The number of nitrogens with zero attached hydrogens (tertiary/aromatic N) is 3. The van der Waals surface area contributed by atoms with Gasteiger partial charge in [0.2, 0.25) is 4.96 Å². The summed E-state index contributed by atoms with van der Waals surface area (Å²) in [5.41, 5.74) is 1.54. The van der Waals surface area contributed by atoms with E-state index in [0.29, 0.717) is 27.7 Å². The maximum absolute atomic E-state index is 12.9. The second-order valence-corrected chi connectivity index (χ2v) is 10.0. The van der Waals surface area contributed by atoms with Gasteiger partial charge in [-0.15, -0.1) is 5.10 Å². The molecule has 0 atom stereocenters. The Bertz CT molecular complexity index is 1350. The third kappa shape index (κ3) is 5.85. The average Bonchev–Trinajstić information content (AvgIpc) is 3.38. The van der Waals surface area contributed by atoms with Crippen molar-refractivity contribution < 1.29 is 9.47 Å². The molecular formula is C26H28BrN3O3S. The molecule has 0 bridgehead atoms. The molecule has 0 aliphatic rings. The molecule has 0 saturated carbocycles. The molecule has 4 rings (SSSR count). The number of aromatic nitrogens is 3. The second-order valence-electron chi connectivity index (χ2n) is 8.08. The Balaban J connectivity index is 1.48. The lowest BCUT2D eigenvalue weighted by Gasteiger charge is -2.11. The van der Waals surface area contributed by atoms with Crippen molar-refractivity contribution in [1.82, 2.24) is 14.6 Å². The van der Waals surface area contributed by atoms with E-state index < -0.39 is 0 Å². The van der Waals surface area contributed by atoms with Crippen molar-refractivity contribution >= 4 is 38.3 Å². The second kappa shape index (κ2) is 11.6. The highest BCUT2D eigenvalue weighted by Crippen LogP contribution is 2.28. The van der Waals surface area contributed by atoms with Crippen LogP contribution in [0.3, 0.4) is 0 Å². The van der Waals surface area contributed by atoms with Crippen LogP contribution in [-0.4, -0.2) is 28.3 Å². The Morgan fingerprint density at radius 3 is 2.53 bits per heavy atom. The van der Waals surface area contributed by atoms with Crippen LogP contribution in [0, 0.1) is 0 Å². The number of ether oxygens (including phenoxy) is 2. The van der Waals surface area contributed by atoms with E-state index in [2.05, 4.69) is 32.9 Å². The van der Waals surface area contributed by atoms with E-state index >= 15 is 0 Å². The van der Waals surface area contributed by atoms with Gasteiger partial charge in [0.05, 0.1) is 18.2 Å². The summed E-state index contributed by atoms with van der Waals surface area (Å²) in [4.78, 5) is 18.0. The maximum Gasteiger partial charge on any atom is 0.291 e. The van der Waals surface area contributed by atoms with Gasteiger partial charge < -0.3 is 9.47 Å². The minimum Gasteiger partial charge on any atom is -0.493 e. The molecule has 2 aromatic carbocycles. The van der Waals surface area contributed by atoms with Crippen molar-refractivity contribution in [1.29, 1.82) is 0 Å². The smallest absolute Gasteiger partial charge is 0.291 e. The van der Waals surface area contributed by atoms with Gasteiger partial charge in [-0.1, -0.05) is 84.5 Å². The molecule has 178 valence electrons. The molecule has 0 N–H and O–H groups in total. The number of rotatable bonds is 11. The number of benzene rings is 2. The van der Waals surface area contributed by atoms with Crippen molar-refractivity contribution in [2.75, 3.05) is 13.7 Å². The molecule has 0 radical (unpaired) electrons.